The number of hydrogen-bond acceptors (Lipinski definition) is 2. The maximum absolute atomic E-state index is 11.8. The quantitative estimate of drug-likeness (QED) is 0.850. The molecule has 1 aromatic heterocycles. The number of aromatic nitrogens is 1. The molecule has 0 bridgehead atoms. The molecule has 0 atom stereocenters. The van der Waals surface area contributed by atoms with Gasteiger partial charge in [-0.15, -0.1) is 0 Å². The Balaban J connectivity index is 2.08. The molecule has 1 aliphatic rings. The SMILES string of the molecule is NC(=O)c1cc2ccccc2n1NC(=O)C1CC1. The van der Waals surface area contributed by atoms with Crippen LogP contribution in [0.25, 0.3) is 10.9 Å². The molecule has 0 spiro atoms. The number of carbonyl (C=O) groups excluding carboxylic acids is 2. The zero-order chi connectivity index (χ0) is 12.7. The average Bonchev–Trinajstić information content (AvgIpc) is 3.13. The van der Waals surface area contributed by atoms with Gasteiger partial charge in [-0.25, -0.2) is 4.68 Å². The van der Waals surface area contributed by atoms with Crippen LogP contribution in [0.1, 0.15) is 23.3 Å². The van der Waals surface area contributed by atoms with Gasteiger partial charge in [-0.1, -0.05) is 18.2 Å². The van der Waals surface area contributed by atoms with E-state index >= 15 is 0 Å². The normalized spacial score (nSPS) is 14.7. The predicted octanol–water partition coefficient (Wildman–Crippen LogP) is 1.22. The Hall–Kier alpha value is -2.30. The summed E-state index contributed by atoms with van der Waals surface area (Å²) in [6, 6.07) is 9.13. The van der Waals surface area contributed by atoms with Crippen molar-refractivity contribution in [1.82, 2.24) is 4.68 Å². The molecular formula is C13H13N3O2. The molecule has 0 saturated heterocycles. The fourth-order valence-electron chi connectivity index (χ4n) is 2.00. The van der Waals surface area contributed by atoms with E-state index in [1.165, 1.54) is 4.68 Å². The molecule has 1 aromatic carbocycles. The summed E-state index contributed by atoms with van der Waals surface area (Å²) in [5.74, 6) is -0.534. The number of para-hydroxylation sites is 1. The lowest BCUT2D eigenvalue weighted by Crippen LogP contribution is -2.28. The molecule has 18 heavy (non-hydrogen) atoms. The van der Waals surface area contributed by atoms with Crippen molar-refractivity contribution in [3.8, 4) is 0 Å². The van der Waals surface area contributed by atoms with E-state index in [4.69, 9.17) is 5.73 Å². The van der Waals surface area contributed by atoms with Gasteiger partial charge in [0.2, 0.25) is 5.91 Å². The van der Waals surface area contributed by atoms with E-state index < -0.39 is 5.91 Å². The number of nitrogens with zero attached hydrogens (tertiary/aromatic N) is 1. The van der Waals surface area contributed by atoms with Crippen molar-refractivity contribution in [2.75, 3.05) is 5.43 Å². The van der Waals surface area contributed by atoms with Gasteiger partial charge in [0, 0.05) is 11.3 Å². The van der Waals surface area contributed by atoms with Gasteiger partial charge in [0.05, 0.1) is 5.52 Å². The summed E-state index contributed by atoms with van der Waals surface area (Å²) in [4.78, 5) is 23.2. The van der Waals surface area contributed by atoms with Crippen LogP contribution in [0.3, 0.4) is 0 Å². The second-order valence-corrected chi connectivity index (χ2v) is 4.54. The van der Waals surface area contributed by atoms with Crippen LogP contribution in [0.15, 0.2) is 30.3 Å². The zero-order valence-electron chi connectivity index (χ0n) is 9.72. The number of fused-ring (bicyclic) bond motifs is 1. The van der Waals surface area contributed by atoms with Crippen LogP contribution in [-0.4, -0.2) is 16.5 Å². The summed E-state index contributed by atoms with van der Waals surface area (Å²) in [5, 5.41) is 0.877. The maximum atomic E-state index is 11.8. The summed E-state index contributed by atoms with van der Waals surface area (Å²) >= 11 is 0. The van der Waals surface area contributed by atoms with Crippen molar-refractivity contribution in [3.63, 3.8) is 0 Å². The fraction of sp³-hybridized carbons (Fsp3) is 0.231. The monoisotopic (exact) mass is 243 g/mol. The minimum atomic E-state index is -0.553. The molecule has 2 amide bonds. The third-order valence-electron chi connectivity index (χ3n) is 3.13. The number of nitrogens with two attached hydrogens (primary N) is 1. The number of benzene rings is 1. The minimum absolute atomic E-state index is 0.0566. The van der Waals surface area contributed by atoms with Crippen LogP contribution in [0, 0.1) is 5.92 Å². The van der Waals surface area contributed by atoms with Gasteiger partial charge in [-0.2, -0.15) is 0 Å². The van der Waals surface area contributed by atoms with E-state index in [0.29, 0.717) is 5.69 Å². The molecule has 1 heterocycles. The molecule has 3 N–H and O–H groups in total. The molecular weight excluding hydrogens is 230 g/mol. The molecule has 2 aromatic rings. The number of primary amides is 1. The molecule has 5 heteroatoms. The average molecular weight is 243 g/mol. The second-order valence-electron chi connectivity index (χ2n) is 4.54. The Labute approximate surface area is 104 Å². The fourth-order valence-corrected chi connectivity index (χ4v) is 2.00. The Kier molecular flexibility index (Phi) is 2.33. The Morgan fingerprint density at radius 2 is 2.00 bits per heavy atom. The van der Waals surface area contributed by atoms with Gasteiger partial charge in [-0.05, 0) is 25.0 Å². The Morgan fingerprint density at radius 3 is 2.67 bits per heavy atom. The first-order valence-electron chi connectivity index (χ1n) is 5.88. The van der Waals surface area contributed by atoms with Crippen LogP contribution in [0.4, 0.5) is 0 Å². The Morgan fingerprint density at radius 1 is 1.28 bits per heavy atom. The van der Waals surface area contributed by atoms with E-state index in [1.807, 2.05) is 24.3 Å². The van der Waals surface area contributed by atoms with E-state index in [1.54, 1.807) is 6.07 Å². The topological polar surface area (TPSA) is 77.1 Å². The van der Waals surface area contributed by atoms with Crippen molar-refractivity contribution in [3.05, 3.63) is 36.0 Å². The highest BCUT2D eigenvalue weighted by molar-refractivity contribution is 6.00. The first-order chi connectivity index (χ1) is 8.66. The van der Waals surface area contributed by atoms with Crippen LogP contribution in [0.5, 0.6) is 0 Å². The molecule has 0 unspecified atom stereocenters. The van der Waals surface area contributed by atoms with Gasteiger partial charge in [-0.3, -0.25) is 15.0 Å². The smallest absolute Gasteiger partial charge is 0.267 e. The number of carbonyl (C=O) groups is 2. The second kappa shape index (κ2) is 3.87. The van der Waals surface area contributed by atoms with Gasteiger partial charge in [0.1, 0.15) is 5.69 Å². The zero-order valence-corrected chi connectivity index (χ0v) is 9.72. The first-order valence-corrected chi connectivity index (χ1v) is 5.88. The van der Waals surface area contributed by atoms with Crippen LogP contribution >= 0.6 is 0 Å². The molecule has 3 rings (SSSR count). The summed E-state index contributed by atoms with van der Waals surface area (Å²) in [5.41, 5.74) is 9.16. The summed E-state index contributed by atoms with van der Waals surface area (Å²) in [6.45, 7) is 0. The lowest BCUT2D eigenvalue weighted by atomic mass is 10.2. The molecule has 0 radical (unpaired) electrons. The molecule has 92 valence electrons. The van der Waals surface area contributed by atoms with Gasteiger partial charge in [0.15, 0.2) is 0 Å². The largest absolute Gasteiger partial charge is 0.364 e. The Bertz CT molecular complexity index is 641. The van der Waals surface area contributed by atoms with Gasteiger partial charge in [0.25, 0.3) is 5.91 Å². The summed E-state index contributed by atoms with van der Waals surface area (Å²) < 4.78 is 1.48. The number of amides is 2. The van der Waals surface area contributed by atoms with Crippen molar-refractivity contribution in [2.45, 2.75) is 12.8 Å². The van der Waals surface area contributed by atoms with E-state index in [0.717, 1.165) is 23.7 Å². The van der Waals surface area contributed by atoms with E-state index in [-0.39, 0.29) is 11.8 Å². The van der Waals surface area contributed by atoms with E-state index in [2.05, 4.69) is 5.43 Å². The van der Waals surface area contributed by atoms with Crippen LogP contribution in [-0.2, 0) is 4.79 Å². The third kappa shape index (κ3) is 1.73. The van der Waals surface area contributed by atoms with Crippen LogP contribution in [0.2, 0.25) is 0 Å². The van der Waals surface area contributed by atoms with Crippen molar-refractivity contribution in [2.24, 2.45) is 11.7 Å². The van der Waals surface area contributed by atoms with Crippen LogP contribution < -0.4 is 11.2 Å². The lowest BCUT2D eigenvalue weighted by molar-refractivity contribution is -0.118. The van der Waals surface area contributed by atoms with Gasteiger partial charge >= 0.3 is 0 Å². The summed E-state index contributed by atoms with van der Waals surface area (Å²) in [6.07, 6.45) is 1.83. The highest BCUT2D eigenvalue weighted by Gasteiger charge is 2.30. The summed E-state index contributed by atoms with van der Waals surface area (Å²) in [7, 11) is 0. The molecule has 1 fully saturated rings. The van der Waals surface area contributed by atoms with Crippen molar-refractivity contribution in [1.29, 1.82) is 0 Å². The van der Waals surface area contributed by atoms with Gasteiger partial charge < -0.3 is 5.73 Å². The van der Waals surface area contributed by atoms with E-state index in [9.17, 15) is 9.59 Å². The number of hydrogen-bond donors (Lipinski definition) is 2. The lowest BCUT2D eigenvalue weighted by Gasteiger charge is -2.10. The standard InChI is InChI=1S/C13H13N3O2/c14-12(17)11-7-9-3-1-2-4-10(9)16(11)15-13(18)8-5-6-8/h1-4,7-8H,5-6H2,(H2,14,17)(H,15,18). The number of rotatable bonds is 3. The van der Waals surface area contributed by atoms with Crippen molar-refractivity contribution < 1.29 is 9.59 Å². The predicted molar refractivity (Wildman–Crippen MR) is 67.5 cm³/mol. The number of nitrogens with one attached hydrogen (secondary N) is 1. The maximum Gasteiger partial charge on any atom is 0.267 e. The first kappa shape index (κ1) is 10.8. The molecule has 0 aliphatic heterocycles. The van der Waals surface area contributed by atoms with Crippen molar-refractivity contribution >= 4 is 22.7 Å². The third-order valence-corrected chi connectivity index (χ3v) is 3.13. The highest BCUT2D eigenvalue weighted by atomic mass is 16.2. The highest BCUT2D eigenvalue weighted by Crippen LogP contribution is 2.29. The molecule has 1 saturated carbocycles. The molecule has 5 nitrogen and oxygen atoms in total. The minimum Gasteiger partial charge on any atom is -0.364 e. The molecule has 1 aliphatic carbocycles.